The first-order valence-corrected chi connectivity index (χ1v) is 8.78. The molecule has 3 N–H and O–H groups in total. The Kier molecular flexibility index (Phi) is 7.79. The van der Waals surface area contributed by atoms with Crippen molar-refractivity contribution in [3.63, 3.8) is 0 Å². The minimum Gasteiger partial charge on any atom is -0.318 e. The third-order valence-electron chi connectivity index (χ3n) is 3.86. The highest BCUT2D eigenvalue weighted by atomic mass is 35.5. The summed E-state index contributed by atoms with van der Waals surface area (Å²) < 4.78 is 0. The van der Waals surface area contributed by atoms with Crippen LogP contribution in [0.4, 0.5) is 5.13 Å². The van der Waals surface area contributed by atoms with Gasteiger partial charge in [-0.15, -0.1) is 22.6 Å². The molecule has 1 amide bonds. The number of hydrogen-bond donors (Lipinski definition) is 2. The van der Waals surface area contributed by atoms with Crippen LogP contribution in [0.25, 0.3) is 0 Å². The van der Waals surface area contributed by atoms with Gasteiger partial charge in [0.25, 0.3) is 0 Å². The molecule has 0 aliphatic carbocycles. The van der Waals surface area contributed by atoms with Gasteiger partial charge >= 0.3 is 0 Å². The summed E-state index contributed by atoms with van der Waals surface area (Å²) in [5, 5.41) is 12.6. The lowest BCUT2D eigenvalue weighted by atomic mass is 9.97. The topological polar surface area (TPSA) is 80.9 Å². The number of nitrogens with one attached hydrogen (secondary N) is 1. The largest absolute Gasteiger partial charge is 0.318 e. The van der Waals surface area contributed by atoms with Gasteiger partial charge in [0.05, 0.1) is 5.54 Å². The van der Waals surface area contributed by atoms with E-state index in [1.165, 1.54) is 16.9 Å². The number of amides is 1. The summed E-state index contributed by atoms with van der Waals surface area (Å²) in [4.78, 5) is 12.2. The number of carbonyl (C=O) groups excluding carboxylic acids is 1. The van der Waals surface area contributed by atoms with Crippen molar-refractivity contribution in [2.75, 3.05) is 5.32 Å². The average Bonchev–Trinajstić information content (AvgIpc) is 2.97. The first-order valence-electron chi connectivity index (χ1n) is 7.96. The van der Waals surface area contributed by atoms with E-state index >= 15 is 0 Å². The number of carbonyl (C=O) groups is 1. The molecule has 0 radical (unpaired) electrons. The molecule has 2 aromatic rings. The SMILES string of the molecule is CCCC(C)(N)C(=O)Nc1nnc(C(CC)c2ccccc2)s1.Cl. The molecule has 0 aliphatic rings. The first kappa shape index (κ1) is 20.5. The maximum Gasteiger partial charge on any atom is 0.245 e. The fourth-order valence-corrected chi connectivity index (χ4v) is 3.49. The minimum atomic E-state index is -0.885. The van der Waals surface area contributed by atoms with Crippen molar-refractivity contribution in [2.45, 2.75) is 51.5 Å². The van der Waals surface area contributed by atoms with Crippen LogP contribution in [0.5, 0.6) is 0 Å². The summed E-state index contributed by atoms with van der Waals surface area (Å²) in [5.74, 6) is -0.0194. The molecule has 24 heavy (non-hydrogen) atoms. The van der Waals surface area contributed by atoms with Gasteiger partial charge in [-0.1, -0.05) is 61.9 Å². The molecule has 0 aliphatic heterocycles. The molecule has 132 valence electrons. The lowest BCUT2D eigenvalue weighted by molar-refractivity contribution is -0.120. The summed E-state index contributed by atoms with van der Waals surface area (Å²) in [6.07, 6.45) is 2.41. The van der Waals surface area contributed by atoms with E-state index in [1.54, 1.807) is 6.92 Å². The van der Waals surface area contributed by atoms with Gasteiger partial charge in [-0.25, -0.2) is 0 Å². The van der Waals surface area contributed by atoms with Gasteiger partial charge in [-0.3, -0.25) is 10.1 Å². The zero-order valence-electron chi connectivity index (χ0n) is 14.3. The Bertz CT molecular complexity index is 645. The second kappa shape index (κ2) is 9.11. The van der Waals surface area contributed by atoms with Crippen molar-refractivity contribution in [2.24, 2.45) is 5.73 Å². The van der Waals surface area contributed by atoms with Gasteiger partial charge in [-0.05, 0) is 25.3 Å². The third kappa shape index (κ3) is 5.00. The van der Waals surface area contributed by atoms with Crippen LogP contribution >= 0.6 is 23.7 Å². The summed E-state index contributed by atoms with van der Waals surface area (Å²) in [6.45, 7) is 5.87. The Balaban J connectivity index is 0.00000288. The van der Waals surface area contributed by atoms with E-state index < -0.39 is 5.54 Å². The molecule has 1 heterocycles. The van der Waals surface area contributed by atoms with Crippen LogP contribution < -0.4 is 11.1 Å². The number of anilines is 1. The number of rotatable bonds is 7. The summed E-state index contributed by atoms with van der Waals surface area (Å²) in [5.41, 5.74) is 6.37. The molecule has 1 aromatic heterocycles. The van der Waals surface area contributed by atoms with E-state index in [0.717, 1.165) is 17.8 Å². The van der Waals surface area contributed by atoms with Crippen molar-refractivity contribution in [3.8, 4) is 0 Å². The smallest absolute Gasteiger partial charge is 0.245 e. The van der Waals surface area contributed by atoms with Crippen LogP contribution in [0.1, 0.15) is 56.5 Å². The third-order valence-corrected chi connectivity index (χ3v) is 4.81. The molecule has 2 atom stereocenters. The Morgan fingerprint density at radius 3 is 2.54 bits per heavy atom. The number of aromatic nitrogens is 2. The van der Waals surface area contributed by atoms with E-state index in [4.69, 9.17) is 5.73 Å². The van der Waals surface area contributed by atoms with Gasteiger partial charge in [0.1, 0.15) is 5.01 Å². The molecular formula is C17H25ClN4OS. The van der Waals surface area contributed by atoms with Crippen LogP contribution in [-0.4, -0.2) is 21.6 Å². The second-order valence-electron chi connectivity index (χ2n) is 5.94. The molecule has 2 unspecified atom stereocenters. The second-order valence-corrected chi connectivity index (χ2v) is 6.95. The van der Waals surface area contributed by atoms with Crippen LogP contribution in [0.15, 0.2) is 30.3 Å². The molecule has 7 heteroatoms. The van der Waals surface area contributed by atoms with Crippen molar-refractivity contribution >= 4 is 34.8 Å². The number of nitrogens with two attached hydrogens (primary N) is 1. The maximum absolute atomic E-state index is 12.2. The van der Waals surface area contributed by atoms with Gasteiger partial charge in [0.15, 0.2) is 0 Å². The van der Waals surface area contributed by atoms with E-state index in [9.17, 15) is 4.79 Å². The Hall–Kier alpha value is -1.50. The van der Waals surface area contributed by atoms with E-state index in [-0.39, 0.29) is 24.2 Å². The van der Waals surface area contributed by atoms with Gasteiger partial charge < -0.3 is 5.73 Å². The molecule has 2 rings (SSSR count). The predicted octanol–water partition coefficient (Wildman–Crippen LogP) is 3.96. The normalized spacial score (nSPS) is 14.3. The quantitative estimate of drug-likeness (QED) is 0.775. The molecule has 0 spiro atoms. The number of hydrogen-bond acceptors (Lipinski definition) is 5. The van der Waals surface area contributed by atoms with Crippen molar-refractivity contribution in [1.82, 2.24) is 10.2 Å². The van der Waals surface area contributed by atoms with Gasteiger partial charge in [0, 0.05) is 5.92 Å². The minimum absolute atomic E-state index is 0. The van der Waals surface area contributed by atoms with Crippen LogP contribution in [0.3, 0.4) is 0 Å². The van der Waals surface area contributed by atoms with Gasteiger partial charge in [-0.2, -0.15) is 0 Å². The number of halogens is 1. The van der Waals surface area contributed by atoms with Crippen molar-refractivity contribution in [1.29, 1.82) is 0 Å². The monoisotopic (exact) mass is 368 g/mol. The zero-order chi connectivity index (χ0) is 16.9. The molecule has 0 saturated heterocycles. The van der Waals surface area contributed by atoms with Crippen LogP contribution in [-0.2, 0) is 4.79 Å². The van der Waals surface area contributed by atoms with E-state index in [2.05, 4.69) is 34.6 Å². The lowest BCUT2D eigenvalue weighted by Gasteiger charge is -2.21. The molecule has 0 saturated carbocycles. The number of benzene rings is 1. The summed E-state index contributed by atoms with van der Waals surface area (Å²) in [6, 6.07) is 10.2. The standard InChI is InChI=1S/C17H24N4OS.ClH/c1-4-11-17(3,18)15(22)19-16-21-20-14(23-16)13(5-2)12-9-7-6-8-10-12;/h6-10,13H,4-5,11,18H2,1-3H3,(H,19,21,22);1H. The fraction of sp³-hybridized carbons (Fsp3) is 0.471. The highest BCUT2D eigenvalue weighted by Crippen LogP contribution is 2.31. The van der Waals surface area contributed by atoms with Crippen molar-refractivity contribution < 1.29 is 4.79 Å². The van der Waals surface area contributed by atoms with Gasteiger partial charge in [0.2, 0.25) is 11.0 Å². The lowest BCUT2D eigenvalue weighted by Crippen LogP contribution is -2.48. The average molecular weight is 369 g/mol. The van der Waals surface area contributed by atoms with Crippen molar-refractivity contribution in [3.05, 3.63) is 40.9 Å². The predicted molar refractivity (Wildman–Crippen MR) is 102 cm³/mol. The Labute approximate surface area is 153 Å². The molecule has 5 nitrogen and oxygen atoms in total. The number of nitrogens with zero attached hydrogens (tertiary/aromatic N) is 2. The summed E-state index contributed by atoms with van der Waals surface area (Å²) in [7, 11) is 0. The van der Waals surface area contributed by atoms with E-state index in [1.807, 2.05) is 25.1 Å². The van der Waals surface area contributed by atoms with Crippen LogP contribution in [0.2, 0.25) is 0 Å². The summed E-state index contributed by atoms with van der Waals surface area (Å²) >= 11 is 1.41. The Morgan fingerprint density at radius 1 is 1.29 bits per heavy atom. The first-order chi connectivity index (χ1) is 11.0. The molecule has 0 fully saturated rings. The fourth-order valence-electron chi connectivity index (χ4n) is 2.54. The zero-order valence-corrected chi connectivity index (χ0v) is 15.9. The molecular weight excluding hydrogens is 344 g/mol. The van der Waals surface area contributed by atoms with E-state index in [0.29, 0.717) is 11.6 Å². The Morgan fingerprint density at radius 2 is 1.96 bits per heavy atom. The van der Waals surface area contributed by atoms with Crippen LogP contribution in [0, 0.1) is 0 Å². The highest BCUT2D eigenvalue weighted by Gasteiger charge is 2.28. The maximum atomic E-state index is 12.2. The molecule has 0 bridgehead atoms. The molecule has 1 aromatic carbocycles. The highest BCUT2D eigenvalue weighted by molar-refractivity contribution is 7.15.